The highest BCUT2D eigenvalue weighted by Gasteiger charge is 2.36. The molecule has 0 aromatic heterocycles. The van der Waals surface area contributed by atoms with Crippen molar-refractivity contribution in [2.75, 3.05) is 39.8 Å². The molecule has 2 rings (SSSR count). The highest BCUT2D eigenvalue weighted by Crippen LogP contribution is 2.39. The van der Waals surface area contributed by atoms with Crippen LogP contribution in [-0.4, -0.2) is 50.8 Å². The molecule has 3 nitrogen and oxygen atoms in total. The molecule has 0 amide bonds. The van der Waals surface area contributed by atoms with Crippen LogP contribution in [0.15, 0.2) is 0 Å². The fraction of sp³-hybridized carbons (Fsp3) is 1.00. The van der Waals surface area contributed by atoms with Gasteiger partial charge < -0.3 is 10.1 Å². The van der Waals surface area contributed by atoms with E-state index in [9.17, 15) is 0 Å². The van der Waals surface area contributed by atoms with Gasteiger partial charge in [-0.05, 0) is 37.6 Å². The minimum Gasteiger partial charge on any atom is -0.376 e. The fourth-order valence-corrected chi connectivity index (χ4v) is 4.15. The van der Waals surface area contributed by atoms with Crippen molar-refractivity contribution in [1.29, 1.82) is 0 Å². The largest absolute Gasteiger partial charge is 0.376 e. The van der Waals surface area contributed by atoms with Gasteiger partial charge in [-0.2, -0.15) is 0 Å². The van der Waals surface area contributed by atoms with Crippen LogP contribution < -0.4 is 5.32 Å². The summed E-state index contributed by atoms with van der Waals surface area (Å²) < 4.78 is 5.80. The van der Waals surface area contributed by atoms with E-state index in [0.717, 1.165) is 32.0 Å². The van der Waals surface area contributed by atoms with Crippen molar-refractivity contribution < 1.29 is 4.74 Å². The second kappa shape index (κ2) is 7.05. The number of nitrogens with zero attached hydrogens (tertiary/aromatic N) is 1. The normalized spacial score (nSPS) is 37.4. The van der Waals surface area contributed by atoms with Crippen LogP contribution in [0.3, 0.4) is 0 Å². The van der Waals surface area contributed by atoms with Gasteiger partial charge in [0.1, 0.15) is 0 Å². The second-order valence-corrected chi connectivity index (χ2v) is 6.87. The number of hydrogen-bond acceptors (Lipinski definition) is 3. The molecule has 1 heterocycles. The molecule has 0 aromatic carbocycles. The SMILES string of the molecule is CCC1CN(CC2(CNC)CCCC(C)C2)CCO1. The van der Waals surface area contributed by atoms with Crippen LogP contribution in [0.5, 0.6) is 0 Å². The summed E-state index contributed by atoms with van der Waals surface area (Å²) in [6.07, 6.45) is 7.22. The fourth-order valence-electron chi connectivity index (χ4n) is 4.15. The van der Waals surface area contributed by atoms with Crippen molar-refractivity contribution in [3.8, 4) is 0 Å². The van der Waals surface area contributed by atoms with Crippen molar-refractivity contribution in [1.82, 2.24) is 10.2 Å². The molecule has 112 valence electrons. The molecular formula is C16H32N2O. The topological polar surface area (TPSA) is 24.5 Å². The Morgan fingerprint density at radius 2 is 2.26 bits per heavy atom. The third kappa shape index (κ3) is 4.17. The van der Waals surface area contributed by atoms with E-state index >= 15 is 0 Å². The van der Waals surface area contributed by atoms with Gasteiger partial charge in [0.2, 0.25) is 0 Å². The number of hydrogen-bond donors (Lipinski definition) is 1. The van der Waals surface area contributed by atoms with E-state index in [1.54, 1.807) is 0 Å². The van der Waals surface area contributed by atoms with Crippen molar-refractivity contribution in [2.45, 2.75) is 52.1 Å². The van der Waals surface area contributed by atoms with E-state index < -0.39 is 0 Å². The molecule has 19 heavy (non-hydrogen) atoms. The molecular weight excluding hydrogens is 236 g/mol. The van der Waals surface area contributed by atoms with E-state index in [4.69, 9.17) is 4.74 Å². The smallest absolute Gasteiger partial charge is 0.0700 e. The molecule has 1 N–H and O–H groups in total. The summed E-state index contributed by atoms with van der Waals surface area (Å²) in [5.41, 5.74) is 0.502. The Morgan fingerprint density at radius 3 is 2.95 bits per heavy atom. The molecule has 3 heteroatoms. The van der Waals surface area contributed by atoms with Crippen molar-refractivity contribution in [3.05, 3.63) is 0 Å². The Balaban J connectivity index is 1.95. The molecule has 1 aliphatic heterocycles. The van der Waals surface area contributed by atoms with Crippen LogP contribution in [0.4, 0.5) is 0 Å². The molecule has 2 aliphatic rings. The lowest BCUT2D eigenvalue weighted by Crippen LogP contribution is -2.51. The Labute approximate surface area is 119 Å². The van der Waals surface area contributed by atoms with E-state index in [0.29, 0.717) is 11.5 Å². The minimum absolute atomic E-state index is 0.460. The van der Waals surface area contributed by atoms with Crippen LogP contribution in [0.25, 0.3) is 0 Å². The molecule has 0 aromatic rings. The molecule has 0 spiro atoms. The van der Waals surface area contributed by atoms with Gasteiger partial charge >= 0.3 is 0 Å². The lowest BCUT2D eigenvalue weighted by atomic mass is 9.69. The first kappa shape index (κ1) is 15.3. The molecule has 0 bridgehead atoms. The quantitative estimate of drug-likeness (QED) is 0.829. The van der Waals surface area contributed by atoms with E-state index in [1.807, 2.05) is 0 Å². The third-order valence-corrected chi connectivity index (χ3v) is 4.97. The monoisotopic (exact) mass is 268 g/mol. The maximum absolute atomic E-state index is 5.80. The molecule has 1 saturated heterocycles. The Morgan fingerprint density at radius 1 is 1.42 bits per heavy atom. The average molecular weight is 268 g/mol. The third-order valence-electron chi connectivity index (χ3n) is 4.97. The van der Waals surface area contributed by atoms with Crippen LogP contribution in [0.1, 0.15) is 46.0 Å². The lowest BCUT2D eigenvalue weighted by Gasteiger charge is -2.45. The van der Waals surface area contributed by atoms with E-state index in [1.165, 1.54) is 38.8 Å². The average Bonchev–Trinajstić information content (AvgIpc) is 2.39. The summed E-state index contributed by atoms with van der Waals surface area (Å²) in [6.45, 7) is 10.3. The Kier molecular flexibility index (Phi) is 5.67. The molecule has 0 radical (unpaired) electrons. The number of ether oxygens (including phenoxy) is 1. The van der Waals surface area contributed by atoms with E-state index in [2.05, 4.69) is 31.1 Å². The zero-order chi connectivity index (χ0) is 13.7. The summed E-state index contributed by atoms with van der Waals surface area (Å²) in [6, 6.07) is 0. The van der Waals surface area contributed by atoms with Gasteiger partial charge in [0.15, 0.2) is 0 Å². The van der Waals surface area contributed by atoms with Gasteiger partial charge in [-0.1, -0.05) is 26.7 Å². The van der Waals surface area contributed by atoms with Crippen LogP contribution >= 0.6 is 0 Å². The van der Waals surface area contributed by atoms with Gasteiger partial charge in [0, 0.05) is 26.2 Å². The Hall–Kier alpha value is -0.120. The van der Waals surface area contributed by atoms with E-state index in [-0.39, 0.29) is 0 Å². The highest BCUT2D eigenvalue weighted by molar-refractivity contribution is 4.90. The van der Waals surface area contributed by atoms with Gasteiger partial charge in [-0.15, -0.1) is 0 Å². The van der Waals surface area contributed by atoms with Gasteiger partial charge in [0.25, 0.3) is 0 Å². The number of nitrogens with one attached hydrogen (secondary N) is 1. The van der Waals surface area contributed by atoms with Crippen LogP contribution in [-0.2, 0) is 4.74 Å². The van der Waals surface area contributed by atoms with Gasteiger partial charge in [-0.3, -0.25) is 4.90 Å². The zero-order valence-electron chi connectivity index (χ0n) is 13.1. The van der Waals surface area contributed by atoms with Gasteiger partial charge in [-0.25, -0.2) is 0 Å². The van der Waals surface area contributed by atoms with Gasteiger partial charge in [0.05, 0.1) is 12.7 Å². The summed E-state index contributed by atoms with van der Waals surface area (Å²) >= 11 is 0. The predicted molar refractivity (Wildman–Crippen MR) is 80.5 cm³/mol. The highest BCUT2D eigenvalue weighted by atomic mass is 16.5. The van der Waals surface area contributed by atoms with Crippen molar-refractivity contribution in [3.63, 3.8) is 0 Å². The molecule has 1 saturated carbocycles. The maximum Gasteiger partial charge on any atom is 0.0700 e. The summed E-state index contributed by atoms with van der Waals surface area (Å²) in [4.78, 5) is 2.66. The number of rotatable bonds is 5. The van der Waals surface area contributed by atoms with Crippen LogP contribution in [0, 0.1) is 11.3 Å². The Bertz CT molecular complexity index is 267. The zero-order valence-corrected chi connectivity index (χ0v) is 13.1. The first-order valence-corrected chi connectivity index (χ1v) is 8.16. The maximum atomic E-state index is 5.80. The standard InChI is InChI=1S/C16H32N2O/c1-4-15-11-18(8-9-19-15)13-16(12-17-3)7-5-6-14(2)10-16/h14-15,17H,4-13H2,1-3H3. The predicted octanol–water partition coefficient (Wildman–Crippen LogP) is 2.51. The summed E-state index contributed by atoms with van der Waals surface area (Å²) in [5.74, 6) is 0.894. The second-order valence-electron chi connectivity index (χ2n) is 6.87. The molecule has 1 aliphatic carbocycles. The first-order valence-electron chi connectivity index (χ1n) is 8.16. The minimum atomic E-state index is 0.460. The molecule has 3 unspecified atom stereocenters. The number of morpholine rings is 1. The molecule has 2 fully saturated rings. The van der Waals surface area contributed by atoms with Crippen molar-refractivity contribution in [2.24, 2.45) is 11.3 Å². The summed E-state index contributed by atoms with van der Waals surface area (Å²) in [7, 11) is 2.11. The first-order chi connectivity index (χ1) is 9.17. The van der Waals surface area contributed by atoms with Crippen molar-refractivity contribution >= 4 is 0 Å². The van der Waals surface area contributed by atoms with Crippen LogP contribution in [0.2, 0.25) is 0 Å². The lowest BCUT2D eigenvalue weighted by molar-refractivity contribution is -0.0484. The molecule has 3 atom stereocenters. The summed E-state index contributed by atoms with van der Waals surface area (Å²) in [5, 5.41) is 3.46.